The summed E-state index contributed by atoms with van der Waals surface area (Å²) in [4.78, 5) is 10.8. The fourth-order valence-electron chi connectivity index (χ4n) is 3.98. The van der Waals surface area contributed by atoms with Crippen molar-refractivity contribution in [1.82, 2.24) is 0 Å². The van der Waals surface area contributed by atoms with Crippen molar-refractivity contribution in [1.29, 1.82) is 0 Å². The largest absolute Gasteiger partial charge is 0.481 e. The molecule has 0 aromatic rings. The summed E-state index contributed by atoms with van der Waals surface area (Å²) in [6.45, 7) is 11.3. The van der Waals surface area contributed by atoms with E-state index in [0.717, 1.165) is 18.8 Å². The Morgan fingerprint density at radius 3 is 2.44 bits per heavy atom. The molecule has 2 nitrogen and oxygen atoms in total. The van der Waals surface area contributed by atoms with Crippen LogP contribution in [0, 0.1) is 17.8 Å². The van der Waals surface area contributed by atoms with E-state index in [9.17, 15) is 4.79 Å². The van der Waals surface area contributed by atoms with E-state index < -0.39 is 5.97 Å². The zero-order valence-electron chi connectivity index (χ0n) is 17.2. The van der Waals surface area contributed by atoms with E-state index in [0.29, 0.717) is 18.3 Å². The van der Waals surface area contributed by atoms with Crippen LogP contribution in [0.15, 0.2) is 22.8 Å². The highest BCUT2D eigenvalue weighted by Gasteiger charge is 2.17. The van der Waals surface area contributed by atoms with Crippen molar-refractivity contribution in [3.63, 3.8) is 0 Å². The molecule has 2 atom stereocenters. The molecule has 0 fully saturated rings. The summed E-state index contributed by atoms with van der Waals surface area (Å²) in [7, 11) is 0. The smallest absolute Gasteiger partial charge is 0.303 e. The van der Waals surface area contributed by atoms with E-state index >= 15 is 0 Å². The first-order valence-electron chi connectivity index (χ1n) is 10.5. The molecule has 0 spiro atoms. The van der Waals surface area contributed by atoms with Crippen molar-refractivity contribution in [2.24, 2.45) is 17.8 Å². The van der Waals surface area contributed by atoms with Crippen LogP contribution in [0.5, 0.6) is 0 Å². The second-order valence-corrected chi connectivity index (χ2v) is 8.52. The van der Waals surface area contributed by atoms with E-state index in [1.807, 2.05) is 0 Å². The summed E-state index contributed by atoms with van der Waals surface area (Å²) in [6, 6.07) is 0. The maximum Gasteiger partial charge on any atom is 0.303 e. The quantitative estimate of drug-likeness (QED) is 0.430. The molecule has 1 aliphatic rings. The number of aliphatic carboxylic acids is 1. The lowest BCUT2D eigenvalue weighted by Crippen LogP contribution is -2.07. The third kappa shape index (κ3) is 8.74. The van der Waals surface area contributed by atoms with Gasteiger partial charge in [0.2, 0.25) is 0 Å². The number of rotatable bonds is 11. The van der Waals surface area contributed by atoms with Crippen LogP contribution in [-0.4, -0.2) is 11.1 Å². The molecule has 144 valence electrons. The van der Waals surface area contributed by atoms with Gasteiger partial charge in [-0.1, -0.05) is 59.1 Å². The van der Waals surface area contributed by atoms with Crippen LogP contribution in [-0.2, 0) is 4.79 Å². The standard InChI is InChI=1S/C23H40O2/c1-6-20-11-8-12-21(22(20)14-13-17(2)3)15-18(4)9-7-10-19(5)16-23(24)25/h15,17-19H,6-14,16H2,1-5H3,(H,24,25)/b21-15+. The Labute approximate surface area is 155 Å². The molecular formula is C23H40O2. The van der Waals surface area contributed by atoms with Crippen LogP contribution < -0.4 is 0 Å². The second kappa shape index (κ2) is 11.5. The number of carbonyl (C=O) groups is 1. The van der Waals surface area contributed by atoms with Gasteiger partial charge in [-0.3, -0.25) is 4.79 Å². The van der Waals surface area contributed by atoms with Crippen molar-refractivity contribution >= 4 is 5.97 Å². The van der Waals surface area contributed by atoms with Crippen molar-refractivity contribution in [2.45, 2.75) is 98.8 Å². The van der Waals surface area contributed by atoms with Crippen LogP contribution in [0.4, 0.5) is 0 Å². The lowest BCUT2D eigenvalue weighted by atomic mass is 9.81. The third-order valence-corrected chi connectivity index (χ3v) is 5.50. The first kappa shape index (κ1) is 22.0. The number of carboxylic acid groups (broad SMARTS) is 1. The van der Waals surface area contributed by atoms with E-state index in [1.165, 1.54) is 44.9 Å². The van der Waals surface area contributed by atoms with Crippen LogP contribution in [0.2, 0.25) is 0 Å². The fourth-order valence-corrected chi connectivity index (χ4v) is 3.98. The van der Waals surface area contributed by atoms with E-state index in [2.05, 4.69) is 40.7 Å². The Morgan fingerprint density at radius 1 is 1.12 bits per heavy atom. The first-order chi connectivity index (χ1) is 11.8. The van der Waals surface area contributed by atoms with E-state index in [-0.39, 0.29) is 0 Å². The Morgan fingerprint density at radius 2 is 1.84 bits per heavy atom. The number of hydrogen-bond donors (Lipinski definition) is 1. The predicted octanol–water partition coefficient (Wildman–Crippen LogP) is 7.16. The molecule has 1 aliphatic carbocycles. The summed E-state index contributed by atoms with van der Waals surface area (Å²) < 4.78 is 0. The average molecular weight is 349 g/mol. The van der Waals surface area contributed by atoms with Crippen LogP contribution in [0.1, 0.15) is 98.8 Å². The number of hydrogen-bond acceptors (Lipinski definition) is 1. The molecule has 1 N–H and O–H groups in total. The van der Waals surface area contributed by atoms with E-state index in [4.69, 9.17) is 5.11 Å². The Kier molecular flexibility index (Phi) is 10.2. The molecule has 0 radical (unpaired) electrons. The minimum absolute atomic E-state index is 0.292. The van der Waals surface area contributed by atoms with E-state index in [1.54, 1.807) is 16.7 Å². The zero-order valence-corrected chi connectivity index (χ0v) is 17.2. The summed E-state index contributed by atoms with van der Waals surface area (Å²) in [6.07, 6.45) is 13.7. The van der Waals surface area contributed by atoms with Gasteiger partial charge in [-0.25, -0.2) is 0 Å². The molecule has 0 aliphatic heterocycles. The minimum Gasteiger partial charge on any atom is -0.481 e. The van der Waals surface area contributed by atoms with Crippen molar-refractivity contribution < 1.29 is 9.90 Å². The minimum atomic E-state index is -0.670. The topological polar surface area (TPSA) is 37.3 Å². The molecule has 2 unspecified atom stereocenters. The molecule has 0 aromatic carbocycles. The summed E-state index contributed by atoms with van der Waals surface area (Å²) in [5, 5.41) is 8.86. The molecule has 0 amide bonds. The van der Waals surface area contributed by atoms with Crippen LogP contribution >= 0.6 is 0 Å². The molecule has 2 heteroatoms. The molecule has 25 heavy (non-hydrogen) atoms. The van der Waals surface area contributed by atoms with Gasteiger partial charge in [0.25, 0.3) is 0 Å². The normalized spacial score (nSPS) is 19.5. The van der Waals surface area contributed by atoms with Crippen LogP contribution in [0.3, 0.4) is 0 Å². The van der Waals surface area contributed by atoms with Gasteiger partial charge in [0.05, 0.1) is 0 Å². The van der Waals surface area contributed by atoms with Gasteiger partial charge in [-0.15, -0.1) is 0 Å². The van der Waals surface area contributed by atoms with Gasteiger partial charge in [0.1, 0.15) is 0 Å². The number of carboxylic acids is 1. The maximum atomic E-state index is 10.8. The summed E-state index contributed by atoms with van der Waals surface area (Å²) in [5.74, 6) is 0.983. The molecule has 0 bridgehead atoms. The zero-order chi connectivity index (χ0) is 18.8. The summed E-state index contributed by atoms with van der Waals surface area (Å²) >= 11 is 0. The molecule has 0 saturated carbocycles. The second-order valence-electron chi connectivity index (χ2n) is 8.52. The molecule has 0 aromatic heterocycles. The van der Waals surface area contributed by atoms with Crippen molar-refractivity contribution in [2.75, 3.05) is 0 Å². The van der Waals surface area contributed by atoms with Gasteiger partial charge < -0.3 is 5.11 Å². The highest BCUT2D eigenvalue weighted by Crippen LogP contribution is 2.36. The van der Waals surface area contributed by atoms with Crippen molar-refractivity contribution in [3.8, 4) is 0 Å². The predicted molar refractivity (Wildman–Crippen MR) is 108 cm³/mol. The fraction of sp³-hybridized carbons (Fsp3) is 0.783. The van der Waals surface area contributed by atoms with Gasteiger partial charge in [0.15, 0.2) is 0 Å². The maximum absolute atomic E-state index is 10.8. The lowest BCUT2D eigenvalue weighted by molar-refractivity contribution is -0.138. The van der Waals surface area contributed by atoms with Gasteiger partial charge >= 0.3 is 5.97 Å². The molecule has 1 rings (SSSR count). The average Bonchev–Trinajstić information content (AvgIpc) is 2.52. The SMILES string of the molecule is CCC1=C(CCC(C)C)/C(=C/C(C)CCCC(C)CC(=O)O)CCC1. The Bertz CT molecular complexity index is 470. The monoisotopic (exact) mass is 348 g/mol. The molecular weight excluding hydrogens is 308 g/mol. The van der Waals surface area contributed by atoms with Crippen LogP contribution in [0.25, 0.3) is 0 Å². The van der Waals surface area contributed by atoms with Gasteiger partial charge in [-0.05, 0) is 73.8 Å². The van der Waals surface area contributed by atoms with Gasteiger partial charge in [0, 0.05) is 6.42 Å². The lowest BCUT2D eigenvalue weighted by Gasteiger charge is -2.25. The molecule has 0 saturated heterocycles. The van der Waals surface area contributed by atoms with Crippen molar-refractivity contribution in [3.05, 3.63) is 22.8 Å². The molecule has 0 heterocycles. The Hall–Kier alpha value is -1.05. The third-order valence-electron chi connectivity index (χ3n) is 5.50. The Balaban J connectivity index is 2.63. The first-order valence-corrected chi connectivity index (χ1v) is 10.5. The highest BCUT2D eigenvalue weighted by molar-refractivity contribution is 5.66. The summed E-state index contributed by atoms with van der Waals surface area (Å²) in [5.41, 5.74) is 4.99. The van der Waals surface area contributed by atoms with Gasteiger partial charge in [-0.2, -0.15) is 0 Å². The number of allylic oxidation sites excluding steroid dienone is 4. The highest BCUT2D eigenvalue weighted by atomic mass is 16.4.